The zero-order valence-electron chi connectivity index (χ0n) is 13.1. The van der Waals surface area contributed by atoms with E-state index in [9.17, 15) is 9.59 Å². The first kappa shape index (κ1) is 15.3. The van der Waals surface area contributed by atoms with E-state index in [1.165, 1.54) is 7.11 Å². The molecule has 1 aromatic heterocycles. The largest absolute Gasteiger partial charge is 0.469 e. The molecule has 6 nitrogen and oxygen atoms in total. The van der Waals surface area contributed by atoms with Crippen molar-refractivity contribution in [2.45, 2.75) is 19.4 Å². The highest BCUT2D eigenvalue weighted by atomic mass is 16.5. The number of ether oxygens (including phenoxy) is 1. The van der Waals surface area contributed by atoms with E-state index in [1.807, 2.05) is 43.5 Å². The quantitative estimate of drug-likeness (QED) is 0.855. The third-order valence-electron chi connectivity index (χ3n) is 4.13. The van der Waals surface area contributed by atoms with Gasteiger partial charge in [-0.2, -0.15) is 5.10 Å². The van der Waals surface area contributed by atoms with Crippen LogP contribution in [-0.2, 0) is 14.3 Å². The number of carbonyl (C=O) groups excluding carboxylic acids is 2. The summed E-state index contributed by atoms with van der Waals surface area (Å²) in [4.78, 5) is 23.6. The lowest BCUT2D eigenvalue weighted by molar-refractivity contribution is -0.143. The molecule has 0 saturated heterocycles. The van der Waals surface area contributed by atoms with Crippen LogP contribution in [0, 0.1) is 11.8 Å². The maximum absolute atomic E-state index is 12.2. The van der Waals surface area contributed by atoms with E-state index in [2.05, 4.69) is 15.2 Å². The van der Waals surface area contributed by atoms with Crippen molar-refractivity contribution >= 4 is 11.9 Å². The number of hydrogen-bond acceptors (Lipinski definition) is 4. The highest BCUT2D eigenvalue weighted by Crippen LogP contribution is 2.39. The molecule has 3 unspecified atom stereocenters. The molecule has 6 heteroatoms. The van der Waals surface area contributed by atoms with Crippen LogP contribution in [0.4, 0.5) is 0 Å². The molecule has 120 valence electrons. The fourth-order valence-electron chi connectivity index (χ4n) is 2.66. The van der Waals surface area contributed by atoms with Crippen LogP contribution in [0.3, 0.4) is 0 Å². The second kappa shape index (κ2) is 6.24. The number of hydrogen-bond donors (Lipinski definition) is 1. The Hall–Kier alpha value is -2.63. The van der Waals surface area contributed by atoms with Gasteiger partial charge in [-0.15, -0.1) is 0 Å². The Morgan fingerprint density at radius 3 is 2.87 bits per heavy atom. The van der Waals surface area contributed by atoms with Crippen LogP contribution in [0.2, 0.25) is 0 Å². The van der Waals surface area contributed by atoms with E-state index < -0.39 is 0 Å². The Kier molecular flexibility index (Phi) is 4.14. The minimum Gasteiger partial charge on any atom is -0.469 e. The second-order valence-electron chi connectivity index (χ2n) is 5.75. The molecule has 0 aliphatic heterocycles. The molecule has 1 saturated carbocycles. The van der Waals surface area contributed by atoms with Crippen LogP contribution < -0.4 is 5.32 Å². The predicted octanol–water partition coefficient (Wildman–Crippen LogP) is 1.86. The smallest absolute Gasteiger partial charge is 0.309 e. The topological polar surface area (TPSA) is 73.2 Å². The van der Waals surface area contributed by atoms with E-state index in [1.54, 1.807) is 10.9 Å². The predicted molar refractivity (Wildman–Crippen MR) is 83.7 cm³/mol. The Balaban J connectivity index is 1.65. The van der Waals surface area contributed by atoms with Crippen LogP contribution in [0.15, 0.2) is 42.7 Å². The van der Waals surface area contributed by atoms with Gasteiger partial charge in [-0.3, -0.25) is 9.59 Å². The minimum atomic E-state index is -0.307. The summed E-state index contributed by atoms with van der Waals surface area (Å²) in [5.41, 5.74) is 1.93. The van der Waals surface area contributed by atoms with Crippen LogP contribution >= 0.6 is 0 Å². The summed E-state index contributed by atoms with van der Waals surface area (Å²) in [6.45, 7) is 1.93. The number of aromatic nitrogens is 2. The van der Waals surface area contributed by atoms with E-state index in [4.69, 9.17) is 0 Å². The van der Waals surface area contributed by atoms with Gasteiger partial charge in [0.15, 0.2) is 0 Å². The summed E-state index contributed by atoms with van der Waals surface area (Å²) in [5.74, 6) is -0.960. The van der Waals surface area contributed by atoms with Crippen LogP contribution in [-0.4, -0.2) is 28.8 Å². The van der Waals surface area contributed by atoms with Gasteiger partial charge < -0.3 is 10.1 Å². The summed E-state index contributed by atoms with van der Waals surface area (Å²) >= 11 is 0. The lowest BCUT2D eigenvalue weighted by Crippen LogP contribution is -2.29. The normalized spacial score (nSPS) is 20.6. The van der Waals surface area contributed by atoms with Crippen molar-refractivity contribution in [2.24, 2.45) is 11.8 Å². The summed E-state index contributed by atoms with van der Waals surface area (Å²) < 4.78 is 6.44. The highest BCUT2D eigenvalue weighted by Gasteiger charge is 2.49. The molecule has 1 aromatic carbocycles. The van der Waals surface area contributed by atoms with E-state index >= 15 is 0 Å². The Morgan fingerprint density at radius 2 is 2.17 bits per heavy atom. The lowest BCUT2D eigenvalue weighted by Gasteiger charge is -2.15. The van der Waals surface area contributed by atoms with Crippen LogP contribution in [0.25, 0.3) is 5.69 Å². The molecule has 3 rings (SSSR count). The van der Waals surface area contributed by atoms with Crippen molar-refractivity contribution in [1.29, 1.82) is 0 Å². The minimum absolute atomic E-state index is 0.0996. The van der Waals surface area contributed by atoms with Crippen molar-refractivity contribution in [3.8, 4) is 5.69 Å². The molecule has 1 aliphatic carbocycles. The van der Waals surface area contributed by atoms with Crippen molar-refractivity contribution in [3.63, 3.8) is 0 Å². The van der Waals surface area contributed by atoms with Gasteiger partial charge in [0.2, 0.25) is 5.91 Å². The average Bonchev–Trinajstić information content (AvgIpc) is 3.19. The van der Waals surface area contributed by atoms with Crippen molar-refractivity contribution < 1.29 is 14.3 Å². The third kappa shape index (κ3) is 3.26. The van der Waals surface area contributed by atoms with Gasteiger partial charge in [0, 0.05) is 12.4 Å². The van der Waals surface area contributed by atoms with Gasteiger partial charge in [0.1, 0.15) is 0 Å². The Bertz CT molecular complexity index is 712. The molecule has 0 radical (unpaired) electrons. The maximum atomic E-state index is 12.2. The average molecular weight is 313 g/mol. The number of nitrogens with zero attached hydrogens (tertiary/aromatic N) is 2. The molecule has 1 fully saturated rings. The van der Waals surface area contributed by atoms with Gasteiger partial charge in [-0.25, -0.2) is 4.68 Å². The monoisotopic (exact) mass is 313 g/mol. The SMILES string of the molecule is COC(=O)C1CC1C(=O)NC(C)c1cccc(-n2cccn2)c1. The number of esters is 1. The highest BCUT2D eigenvalue weighted by molar-refractivity contribution is 5.90. The van der Waals surface area contributed by atoms with Gasteiger partial charge in [-0.1, -0.05) is 12.1 Å². The van der Waals surface area contributed by atoms with Crippen LogP contribution in [0.1, 0.15) is 24.9 Å². The zero-order chi connectivity index (χ0) is 16.4. The number of methoxy groups -OCH3 is 1. The summed E-state index contributed by atoms with van der Waals surface area (Å²) in [7, 11) is 1.35. The first-order chi connectivity index (χ1) is 11.1. The molecule has 1 N–H and O–H groups in total. The lowest BCUT2D eigenvalue weighted by atomic mass is 10.1. The summed E-state index contributed by atoms with van der Waals surface area (Å²) in [5, 5.41) is 7.17. The maximum Gasteiger partial charge on any atom is 0.309 e. The number of carbonyl (C=O) groups is 2. The molecule has 0 spiro atoms. The molecule has 1 aliphatic rings. The molecule has 23 heavy (non-hydrogen) atoms. The molecule has 2 aromatic rings. The first-order valence-electron chi connectivity index (χ1n) is 7.58. The summed E-state index contributed by atoms with van der Waals surface area (Å²) in [6.07, 6.45) is 4.16. The fourth-order valence-corrected chi connectivity index (χ4v) is 2.66. The van der Waals surface area contributed by atoms with Crippen molar-refractivity contribution in [1.82, 2.24) is 15.1 Å². The molecule has 1 amide bonds. The van der Waals surface area contributed by atoms with Gasteiger partial charge in [0.05, 0.1) is 30.7 Å². The second-order valence-corrected chi connectivity index (χ2v) is 5.75. The Labute approximate surface area is 134 Å². The first-order valence-corrected chi connectivity index (χ1v) is 7.58. The molecule has 0 bridgehead atoms. The van der Waals surface area contributed by atoms with Crippen molar-refractivity contribution in [3.05, 3.63) is 48.3 Å². The molecule has 1 heterocycles. The summed E-state index contributed by atoms with van der Waals surface area (Å²) in [6, 6.07) is 9.56. The van der Waals surface area contributed by atoms with Gasteiger partial charge in [0.25, 0.3) is 0 Å². The number of benzene rings is 1. The number of amides is 1. The number of nitrogens with one attached hydrogen (secondary N) is 1. The van der Waals surface area contributed by atoms with E-state index in [-0.39, 0.29) is 29.8 Å². The van der Waals surface area contributed by atoms with Crippen LogP contribution in [0.5, 0.6) is 0 Å². The Morgan fingerprint density at radius 1 is 1.35 bits per heavy atom. The molecule has 3 atom stereocenters. The standard InChI is InChI=1S/C17H19N3O3/c1-11(19-16(21)14-10-15(14)17(22)23-2)12-5-3-6-13(9-12)20-8-4-7-18-20/h3-9,11,14-15H,10H2,1-2H3,(H,19,21). The molecular formula is C17H19N3O3. The number of rotatable bonds is 5. The van der Waals surface area contributed by atoms with Gasteiger partial charge in [-0.05, 0) is 37.1 Å². The third-order valence-corrected chi connectivity index (χ3v) is 4.13. The van der Waals surface area contributed by atoms with E-state index in [0.717, 1.165) is 11.3 Å². The van der Waals surface area contributed by atoms with Gasteiger partial charge >= 0.3 is 5.97 Å². The van der Waals surface area contributed by atoms with E-state index in [0.29, 0.717) is 6.42 Å². The molecular weight excluding hydrogens is 294 g/mol. The zero-order valence-corrected chi connectivity index (χ0v) is 13.1. The van der Waals surface area contributed by atoms with Crippen molar-refractivity contribution in [2.75, 3.05) is 7.11 Å². The fraction of sp³-hybridized carbons (Fsp3) is 0.353.